The molecule has 2 amide bonds. The average molecular weight is 1070 g/mol. The van der Waals surface area contributed by atoms with Gasteiger partial charge in [-0.1, -0.05) is 0 Å². The molecule has 6 heterocycles. The Morgan fingerprint density at radius 3 is 1.11 bits per heavy atom. The van der Waals surface area contributed by atoms with Crippen molar-refractivity contribution < 1.29 is 154 Å². The van der Waals surface area contributed by atoms with Crippen molar-refractivity contribution in [1.29, 1.82) is 0 Å². The molecule has 0 saturated carbocycles. The zero-order chi connectivity index (χ0) is 53.9. The zero-order valence-corrected chi connectivity index (χ0v) is 38.9. The quantitative estimate of drug-likeness (QED) is 0.0606. The molecule has 0 radical (unpaired) electrons. The maximum Gasteiger partial charge on any atom is 0.217 e. The second-order valence-electron chi connectivity index (χ2n) is 18.2. The lowest BCUT2D eigenvalue weighted by molar-refractivity contribution is -0.389. The lowest BCUT2D eigenvalue weighted by Gasteiger charge is -2.51. The van der Waals surface area contributed by atoms with E-state index in [4.69, 9.17) is 52.1 Å². The third-order valence-corrected chi connectivity index (χ3v) is 13.2. The number of ether oxygens (including phenoxy) is 11. The summed E-state index contributed by atoms with van der Waals surface area (Å²) >= 11 is 0. The van der Waals surface area contributed by atoms with E-state index in [1.807, 2.05) is 0 Å². The molecule has 6 rings (SSSR count). The molecule has 20 N–H and O–H groups in total. The van der Waals surface area contributed by atoms with Gasteiger partial charge < -0.3 is 155 Å². The normalized spacial score (nSPS) is 49.8. The van der Waals surface area contributed by atoms with Crippen LogP contribution in [0.2, 0.25) is 0 Å². The lowest BCUT2D eigenvalue weighted by Crippen LogP contribution is -2.70. The maximum absolute atomic E-state index is 12.7. The summed E-state index contributed by atoms with van der Waals surface area (Å²) in [5, 5.41) is 197. The molecule has 424 valence electrons. The van der Waals surface area contributed by atoms with Gasteiger partial charge in [0.2, 0.25) is 11.8 Å². The van der Waals surface area contributed by atoms with Crippen LogP contribution in [0.4, 0.5) is 0 Å². The van der Waals surface area contributed by atoms with E-state index < -0.39 is 236 Å². The molecule has 33 heteroatoms. The largest absolute Gasteiger partial charge is 0.394 e. The van der Waals surface area contributed by atoms with Crippen LogP contribution in [-0.4, -0.2) is 327 Å². The summed E-state index contributed by atoms with van der Waals surface area (Å²) in [6.07, 6.45) is -53.6. The summed E-state index contributed by atoms with van der Waals surface area (Å²) in [5.74, 6) is -1.62. The van der Waals surface area contributed by atoms with Crippen LogP contribution in [0, 0.1) is 0 Å². The van der Waals surface area contributed by atoms with E-state index in [0.29, 0.717) is 0 Å². The Bertz CT molecular complexity index is 1750. The van der Waals surface area contributed by atoms with Crippen LogP contribution in [0.5, 0.6) is 0 Å². The second kappa shape index (κ2) is 26.0. The van der Waals surface area contributed by atoms with Gasteiger partial charge >= 0.3 is 0 Å². The molecule has 0 unspecified atom stereocenters. The van der Waals surface area contributed by atoms with Crippen molar-refractivity contribution in [1.82, 2.24) is 10.6 Å². The van der Waals surface area contributed by atoms with E-state index in [-0.39, 0.29) is 0 Å². The fraction of sp³-hybridized carbons (Fsp3) is 0.950. The van der Waals surface area contributed by atoms with Crippen molar-refractivity contribution in [3.8, 4) is 0 Å². The molecule has 6 aliphatic heterocycles. The van der Waals surface area contributed by atoms with Crippen LogP contribution in [0.1, 0.15) is 13.8 Å². The highest BCUT2D eigenvalue weighted by molar-refractivity contribution is 5.73. The zero-order valence-electron chi connectivity index (χ0n) is 38.9. The van der Waals surface area contributed by atoms with Crippen molar-refractivity contribution in [3.63, 3.8) is 0 Å². The highest BCUT2D eigenvalue weighted by Gasteiger charge is 2.58. The van der Waals surface area contributed by atoms with E-state index in [0.717, 1.165) is 13.8 Å². The van der Waals surface area contributed by atoms with Crippen LogP contribution < -0.4 is 10.6 Å². The number of aliphatic hydroxyl groups is 18. The summed E-state index contributed by atoms with van der Waals surface area (Å²) in [6.45, 7) is -3.81. The number of aliphatic hydroxyl groups excluding tert-OH is 18. The van der Waals surface area contributed by atoms with Crippen molar-refractivity contribution in [3.05, 3.63) is 0 Å². The molecule has 0 aromatic heterocycles. The van der Waals surface area contributed by atoms with Crippen molar-refractivity contribution in [2.75, 3.05) is 39.6 Å². The predicted molar refractivity (Wildman–Crippen MR) is 222 cm³/mol. The molecular formula is C40H68N2O31. The minimum Gasteiger partial charge on any atom is -0.394 e. The number of rotatable bonds is 18. The predicted octanol–water partition coefficient (Wildman–Crippen LogP) is -13.8. The van der Waals surface area contributed by atoms with Gasteiger partial charge in [-0.2, -0.15) is 0 Å². The topological polar surface area (TPSA) is 524 Å². The number of nitrogens with one attached hydrogen (secondary N) is 2. The van der Waals surface area contributed by atoms with Crippen molar-refractivity contribution in [2.45, 2.75) is 198 Å². The Kier molecular flexibility index (Phi) is 21.3. The SMILES string of the molecule is CC(=O)N[C@H]1[C@H](O[C@H]2[C@@H](O)[C@@H](CO)O[C@H](O[C@H]3[C@@H](O)[C@@H](CO)O[C@@H](O[C@H]4[C@@H](O)[C@@H](CO)O[C@@H](O[C@@H]5[C@H](O)[C@@H](O)[C@H](O[C@H]6[C@H](O)[C@@H](O)[C@H](O)O[C@@H]6CO)O[C@@H]5CO)[C@@H]4NC(C)=O)[C@@H]3O)[C@@H]2O)O[C@H](CO)[C@@H](O)[C@@H]1O. The molecule has 30 atom stereocenters. The Labute approximate surface area is 413 Å². The number of amides is 2. The number of carbonyl (C=O) groups is 2. The average Bonchev–Trinajstić information content (AvgIpc) is 3.35. The highest BCUT2D eigenvalue weighted by Crippen LogP contribution is 2.37. The lowest BCUT2D eigenvalue weighted by atomic mass is 9.94. The fourth-order valence-electron chi connectivity index (χ4n) is 9.32. The Morgan fingerprint density at radius 1 is 0.329 bits per heavy atom. The summed E-state index contributed by atoms with van der Waals surface area (Å²) in [5.41, 5.74) is 0. The molecule has 0 aliphatic carbocycles. The molecule has 33 nitrogen and oxygen atoms in total. The van der Waals surface area contributed by atoms with Gasteiger partial charge in [0, 0.05) is 13.8 Å². The van der Waals surface area contributed by atoms with Crippen LogP contribution in [0.15, 0.2) is 0 Å². The Hall–Kier alpha value is -2.22. The van der Waals surface area contributed by atoms with Crippen LogP contribution >= 0.6 is 0 Å². The molecule has 0 aromatic carbocycles. The Morgan fingerprint density at radius 2 is 0.644 bits per heavy atom. The number of hydrogen-bond donors (Lipinski definition) is 20. The fourth-order valence-corrected chi connectivity index (χ4v) is 9.32. The summed E-state index contributed by atoms with van der Waals surface area (Å²) in [7, 11) is 0. The van der Waals surface area contributed by atoms with E-state index in [1.165, 1.54) is 0 Å². The van der Waals surface area contributed by atoms with E-state index in [2.05, 4.69) is 10.6 Å². The first-order valence-electron chi connectivity index (χ1n) is 23.1. The molecule has 0 spiro atoms. The second-order valence-corrected chi connectivity index (χ2v) is 18.2. The molecule has 6 saturated heterocycles. The van der Waals surface area contributed by atoms with Crippen LogP contribution in [-0.2, 0) is 61.7 Å². The maximum atomic E-state index is 12.7. The number of carbonyl (C=O) groups excluding carboxylic acids is 2. The first kappa shape index (κ1) is 60.0. The minimum atomic E-state index is -2.26. The van der Waals surface area contributed by atoms with Gasteiger partial charge in [0.05, 0.1) is 39.6 Å². The van der Waals surface area contributed by atoms with Crippen molar-refractivity contribution >= 4 is 11.8 Å². The highest BCUT2D eigenvalue weighted by atomic mass is 16.8. The van der Waals surface area contributed by atoms with Gasteiger partial charge in [-0.05, 0) is 0 Å². The molecular weight excluding hydrogens is 1000 g/mol. The standard InChI is InChI=1S/C40H68N2O31/c1-9(49)41-17-23(55)19(51)11(3-43)64-36(17)72-33-21(53)13(5-45)67-40(28(33)60)73-34-22(54)14(6-46)66-39(29(34)61)71-32-18(42-10(2)50)37(65-12(4-44)20(32)52)69-31-16(8-48)68-38(27(59)25(31)57)70-30-15(7-47)63-35(62)26(58)24(30)56/h11-40,43-48,51-62H,3-8H2,1-2H3,(H,41,49)(H,42,50)/t11-,12-,13-,14-,15-,16-,17-,18-,19-,20+,21+,22+,23-,24-,25-,26-,27-,28-,29-,30-,31+,32-,33+,34+,35-,36+,37+,38+,39+,40-/m1/s1. The molecule has 0 bridgehead atoms. The van der Waals surface area contributed by atoms with Gasteiger partial charge in [-0.3, -0.25) is 9.59 Å². The van der Waals surface area contributed by atoms with Gasteiger partial charge in [0.1, 0.15) is 146 Å². The summed E-state index contributed by atoms with van der Waals surface area (Å²) < 4.78 is 62.4. The van der Waals surface area contributed by atoms with E-state index in [1.54, 1.807) is 0 Å². The van der Waals surface area contributed by atoms with Crippen molar-refractivity contribution in [2.24, 2.45) is 0 Å². The van der Waals surface area contributed by atoms with Gasteiger partial charge in [-0.25, -0.2) is 0 Å². The van der Waals surface area contributed by atoms with Gasteiger partial charge in [0.15, 0.2) is 37.7 Å². The summed E-state index contributed by atoms with van der Waals surface area (Å²) in [6, 6.07) is -3.37. The van der Waals surface area contributed by atoms with Gasteiger partial charge in [-0.15, -0.1) is 0 Å². The van der Waals surface area contributed by atoms with Gasteiger partial charge in [0.25, 0.3) is 0 Å². The third-order valence-electron chi connectivity index (χ3n) is 13.2. The number of hydrogen-bond acceptors (Lipinski definition) is 31. The molecule has 6 fully saturated rings. The monoisotopic (exact) mass is 1070 g/mol. The molecule has 73 heavy (non-hydrogen) atoms. The van der Waals surface area contributed by atoms with E-state index >= 15 is 0 Å². The Balaban J connectivity index is 1.22. The molecule has 0 aromatic rings. The van der Waals surface area contributed by atoms with Crippen LogP contribution in [0.25, 0.3) is 0 Å². The minimum absolute atomic E-state index is 0.755. The summed E-state index contributed by atoms with van der Waals surface area (Å²) in [4.78, 5) is 24.8. The third kappa shape index (κ3) is 12.9. The smallest absolute Gasteiger partial charge is 0.217 e. The first-order chi connectivity index (χ1) is 34.5. The molecule has 6 aliphatic rings. The first-order valence-corrected chi connectivity index (χ1v) is 23.1. The van der Waals surface area contributed by atoms with Crippen LogP contribution in [0.3, 0.4) is 0 Å². The van der Waals surface area contributed by atoms with E-state index in [9.17, 15) is 102 Å².